The number of rotatable bonds is 4. The van der Waals surface area contributed by atoms with Crippen molar-refractivity contribution in [3.8, 4) is 0 Å². The zero-order valence-corrected chi connectivity index (χ0v) is 13.1. The largest absolute Gasteiger partial charge is 0.350 e. The van der Waals surface area contributed by atoms with E-state index in [2.05, 4.69) is 15.3 Å². The van der Waals surface area contributed by atoms with Crippen molar-refractivity contribution < 1.29 is 4.79 Å². The molecule has 1 amide bonds. The van der Waals surface area contributed by atoms with Gasteiger partial charge in [-0.05, 0) is 44.7 Å². The lowest BCUT2D eigenvalue weighted by Gasteiger charge is -2.23. The van der Waals surface area contributed by atoms with E-state index in [0.29, 0.717) is 11.6 Å². The number of hydrogen-bond acceptors (Lipinski definition) is 3. The number of amides is 1. The number of carbonyl (C=O) groups excluding carboxylic acids is 1. The van der Waals surface area contributed by atoms with Gasteiger partial charge in [-0.25, -0.2) is 0 Å². The first-order valence-electron chi connectivity index (χ1n) is 8.16. The molecule has 1 aromatic heterocycles. The lowest BCUT2D eigenvalue weighted by molar-refractivity contribution is 0.0941. The molecule has 0 unspecified atom stereocenters. The number of hydrogen-bond donors (Lipinski definition) is 1. The van der Waals surface area contributed by atoms with Gasteiger partial charge in [-0.2, -0.15) is 5.10 Å². The van der Waals surface area contributed by atoms with Crippen LogP contribution in [0.4, 0.5) is 0 Å². The van der Waals surface area contributed by atoms with Gasteiger partial charge in [0, 0.05) is 31.9 Å². The van der Waals surface area contributed by atoms with E-state index in [-0.39, 0.29) is 5.91 Å². The van der Waals surface area contributed by atoms with Crippen molar-refractivity contribution in [1.29, 1.82) is 0 Å². The zero-order valence-electron chi connectivity index (χ0n) is 13.1. The van der Waals surface area contributed by atoms with E-state index < -0.39 is 0 Å². The molecule has 2 heterocycles. The Balaban J connectivity index is 1.46. The summed E-state index contributed by atoms with van der Waals surface area (Å²) in [4.78, 5) is 14.7. The van der Waals surface area contributed by atoms with Crippen LogP contribution in [0.25, 0.3) is 0 Å². The molecule has 1 N–H and O–H groups in total. The van der Waals surface area contributed by atoms with Crippen molar-refractivity contribution in [3.05, 3.63) is 17.5 Å². The molecular weight excluding hydrogens is 264 g/mol. The van der Waals surface area contributed by atoms with Crippen LogP contribution in [-0.4, -0.2) is 46.3 Å². The number of carbonyl (C=O) groups is 1. The summed E-state index contributed by atoms with van der Waals surface area (Å²) >= 11 is 0. The van der Waals surface area contributed by atoms with Crippen molar-refractivity contribution in [2.45, 2.75) is 45.1 Å². The molecule has 21 heavy (non-hydrogen) atoms. The minimum Gasteiger partial charge on any atom is -0.350 e. The third-order valence-corrected chi connectivity index (χ3v) is 5.06. The van der Waals surface area contributed by atoms with Gasteiger partial charge in [-0.1, -0.05) is 12.8 Å². The second-order valence-corrected chi connectivity index (χ2v) is 6.59. The van der Waals surface area contributed by atoms with Crippen molar-refractivity contribution >= 4 is 5.91 Å². The van der Waals surface area contributed by atoms with E-state index in [1.54, 1.807) is 4.68 Å². The zero-order chi connectivity index (χ0) is 14.8. The van der Waals surface area contributed by atoms with Gasteiger partial charge >= 0.3 is 0 Å². The summed E-state index contributed by atoms with van der Waals surface area (Å²) in [6.45, 7) is 5.08. The number of nitrogens with one attached hydrogen (secondary N) is 1. The Hall–Kier alpha value is -1.36. The first-order chi connectivity index (χ1) is 10.1. The van der Waals surface area contributed by atoms with Gasteiger partial charge in [0.05, 0.1) is 0 Å². The topological polar surface area (TPSA) is 50.2 Å². The third kappa shape index (κ3) is 3.28. The summed E-state index contributed by atoms with van der Waals surface area (Å²) in [5, 5.41) is 7.28. The highest BCUT2D eigenvalue weighted by Crippen LogP contribution is 2.28. The highest BCUT2D eigenvalue weighted by molar-refractivity contribution is 5.92. The minimum atomic E-state index is -0.0435. The smallest absolute Gasteiger partial charge is 0.271 e. The van der Waals surface area contributed by atoms with Crippen molar-refractivity contribution in [2.24, 2.45) is 13.0 Å². The molecule has 1 atom stereocenters. The van der Waals surface area contributed by atoms with E-state index in [1.165, 1.54) is 38.6 Å². The molecule has 1 saturated carbocycles. The van der Waals surface area contributed by atoms with Crippen LogP contribution in [-0.2, 0) is 7.05 Å². The number of aromatic nitrogens is 2. The maximum atomic E-state index is 12.1. The molecule has 5 nitrogen and oxygen atoms in total. The molecule has 2 aliphatic rings. The van der Waals surface area contributed by atoms with Gasteiger partial charge in [0.25, 0.3) is 5.91 Å². The van der Waals surface area contributed by atoms with Crippen LogP contribution >= 0.6 is 0 Å². The first-order valence-corrected chi connectivity index (χ1v) is 8.16. The fraction of sp³-hybridized carbons (Fsp3) is 0.750. The number of likely N-dealkylation sites (tertiary alicyclic amines) is 1. The van der Waals surface area contributed by atoms with Crippen LogP contribution < -0.4 is 5.32 Å². The molecule has 2 fully saturated rings. The summed E-state index contributed by atoms with van der Waals surface area (Å²) in [6.07, 6.45) is 6.72. The summed E-state index contributed by atoms with van der Waals surface area (Å²) in [5.74, 6) is 0.553. The highest BCUT2D eigenvalue weighted by Gasteiger charge is 2.30. The van der Waals surface area contributed by atoms with E-state index in [9.17, 15) is 4.79 Å². The Morgan fingerprint density at radius 1 is 1.38 bits per heavy atom. The van der Waals surface area contributed by atoms with Crippen LogP contribution in [0.5, 0.6) is 0 Å². The fourth-order valence-electron chi connectivity index (χ4n) is 3.63. The van der Waals surface area contributed by atoms with E-state index in [4.69, 9.17) is 0 Å². The normalized spacial score (nSPS) is 23.8. The van der Waals surface area contributed by atoms with Crippen molar-refractivity contribution in [1.82, 2.24) is 20.0 Å². The van der Waals surface area contributed by atoms with Crippen LogP contribution in [0.15, 0.2) is 6.07 Å². The molecule has 1 aromatic rings. The maximum Gasteiger partial charge on any atom is 0.271 e. The SMILES string of the molecule is Cc1cc(C(=O)NC[C@H]2CCN(C3CCCC3)C2)nn1C. The van der Waals surface area contributed by atoms with Gasteiger partial charge in [-0.3, -0.25) is 9.48 Å². The Bertz CT molecular complexity index is 485. The molecule has 0 bridgehead atoms. The molecule has 5 heteroatoms. The molecule has 1 saturated heterocycles. The molecule has 3 rings (SSSR count). The van der Waals surface area contributed by atoms with Gasteiger partial charge in [-0.15, -0.1) is 0 Å². The Labute approximate surface area is 126 Å². The van der Waals surface area contributed by atoms with Crippen LogP contribution in [0, 0.1) is 12.8 Å². The Kier molecular flexibility index (Phi) is 4.29. The lowest BCUT2D eigenvalue weighted by atomic mass is 10.1. The molecule has 1 aliphatic carbocycles. The predicted molar refractivity (Wildman–Crippen MR) is 82.2 cm³/mol. The third-order valence-electron chi connectivity index (χ3n) is 5.06. The molecule has 1 aliphatic heterocycles. The Morgan fingerprint density at radius 2 is 2.14 bits per heavy atom. The van der Waals surface area contributed by atoms with E-state index in [1.807, 2.05) is 20.0 Å². The van der Waals surface area contributed by atoms with Crippen LogP contribution in [0.2, 0.25) is 0 Å². The quantitative estimate of drug-likeness (QED) is 0.918. The van der Waals surface area contributed by atoms with E-state index in [0.717, 1.165) is 24.8 Å². The van der Waals surface area contributed by atoms with E-state index >= 15 is 0 Å². The van der Waals surface area contributed by atoms with Crippen LogP contribution in [0.3, 0.4) is 0 Å². The van der Waals surface area contributed by atoms with Crippen molar-refractivity contribution in [2.75, 3.05) is 19.6 Å². The van der Waals surface area contributed by atoms with Gasteiger partial charge in [0.15, 0.2) is 0 Å². The summed E-state index contributed by atoms with van der Waals surface area (Å²) in [5.41, 5.74) is 1.54. The molecule has 0 aromatic carbocycles. The second-order valence-electron chi connectivity index (χ2n) is 6.59. The van der Waals surface area contributed by atoms with Gasteiger partial charge < -0.3 is 10.2 Å². The standard InChI is InChI=1S/C16H26N4O/c1-12-9-15(18-19(12)2)16(21)17-10-13-7-8-20(11-13)14-5-3-4-6-14/h9,13-14H,3-8,10-11H2,1-2H3,(H,17,21)/t13-/m1/s1. The van der Waals surface area contributed by atoms with Crippen molar-refractivity contribution in [3.63, 3.8) is 0 Å². The van der Waals surface area contributed by atoms with Crippen LogP contribution in [0.1, 0.15) is 48.3 Å². The maximum absolute atomic E-state index is 12.1. The summed E-state index contributed by atoms with van der Waals surface area (Å²) in [7, 11) is 1.86. The second kappa shape index (κ2) is 6.18. The molecule has 116 valence electrons. The Morgan fingerprint density at radius 3 is 2.81 bits per heavy atom. The predicted octanol–water partition coefficient (Wildman–Crippen LogP) is 1.72. The summed E-state index contributed by atoms with van der Waals surface area (Å²) in [6, 6.07) is 2.65. The van der Waals surface area contributed by atoms with Gasteiger partial charge in [0.2, 0.25) is 0 Å². The molecular formula is C16H26N4O. The number of nitrogens with zero attached hydrogens (tertiary/aromatic N) is 3. The number of aryl methyl sites for hydroxylation is 2. The minimum absolute atomic E-state index is 0.0435. The fourth-order valence-corrected chi connectivity index (χ4v) is 3.63. The van der Waals surface area contributed by atoms with Gasteiger partial charge in [0.1, 0.15) is 5.69 Å². The highest BCUT2D eigenvalue weighted by atomic mass is 16.1. The first kappa shape index (κ1) is 14.6. The lowest BCUT2D eigenvalue weighted by Crippen LogP contribution is -2.34. The average molecular weight is 290 g/mol. The monoisotopic (exact) mass is 290 g/mol. The molecule has 0 radical (unpaired) electrons. The average Bonchev–Trinajstić information content (AvgIpc) is 3.17. The molecule has 0 spiro atoms. The summed E-state index contributed by atoms with van der Waals surface area (Å²) < 4.78 is 1.74.